The molecule has 0 bridgehead atoms. The highest BCUT2D eigenvalue weighted by molar-refractivity contribution is 5.14. The van der Waals surface area contributed by atoms with E-state index in [1.54, 1.807) is 13.4 Å². The predicted octanol–water partition coefficient (Wildman–Crippen LogP) is 2.05. The third kappa shape index (κ3) is 4.69. The number of rotatable bonds is 7. The van der Waals surface area contributed by atoms with E-state index in [1.807, 2.05) is 6.07 Å². The third-order valence-corrected chi connectivity index (χ3v) is 2.80. The molecule has 1 aromatic heterocycles. The lowest BCUT2D eigenvalue weighted by molar-refractivity contribution is 0.384. The Kier molecular flexibility index (Phi) is 5.91. The van der Waals surface area contributed by atoms with Crippen molar-refractivity contribution in [3.8, 4) is 5.88 Å². The molecule has 0 spiro atoms. The lowest BCUT2D eigenvalue weighted by atomic mass is 9.99. The lowest BCUT2D eigenvalue weighted by Gasteiger charge is -2.21. The van der Waals surface area contributed by atoms with Gasteiger partial charge >= 0.3 is 0 Å². The van der Waals surface area contributed by atoms with Gasteiger partial charge in [0.1, 0.15) is 6.33 Å². The van der Waals surface area contributed by atoms with Gasteiger partial charge in [0.05, 0.1) is 7.11 Å². The first kappa shape index (κ1) is 13.9. The minimum absolute atomic E-state index is 0.453. The van der Waals surface area contributed by atoms with Crippen LogP contribution in [0.25, 0.3) is 0 Å². The number of nitrogens with zero attached hydrogens (tertiary/aromatic N) is 2. The van der Waals surface area contributed by atoms with Crippen molar-refractivity contribution < 1.29 is 4.74 Å². The van der Waals surface area contributed by atoms with Crippen molar-refractivity contribution in [2.24, 2.45) is 5.92 Å². The van der Waals surface area contributed by atoms with Gasteiger partial charge in [-0.1, -0.05) is 20.8 Å². The average Bonchev–Trinajstić information content (AvgIpc) is 2.34. The fourth-order valence-electron chi connectivity index (χ4n) is 1.70. The molecule has 96 valence electrons. The molecule has 0 radical (unpaired) electrons. The van der Waals surface area contributed by atoms with Crippen LogP contribution in [0.1, 0.15) is 32.9 Å². The highest BCUT2D eigenvalue weighted by atomic mass is 16.5. The molecule has 0 aliphatic heterocycles. The summed E-state index contributed by atoms with van der Waals surface area (Å²) in [7, 11) is 1.63. The van der Waals surface area contributed by atoms with Crippen LogP contribution in [-0.4, -0.2) is 29.7 Å². The molecule has 1 unspecified atom stereocenters. The van der Waals surface area contributed by atoms with Crippen molar-refractivity contribution in [1.82, 2.24) is 15.3 Å². The molecule has 0 amide bonds. The minimum Gasteiger partial charge on any atom is -0.481 e. The second-order valence-corrected chi connectivity index (χ2v) is 4.56. The normalized spacial score (nSPS) is 12.8. The highest BCUT2D eigenvalue weighted by Crippen LogP contribution is 2.12. The van der Waals surface area contributed by atoms with Crippen LogP contribution in [0.3, 0.4) is 0 Å². The van der Waals surface area contributed by atoms with Crippen molar-refractivity contribution in [2.75, 3.05) is 13.7 Å². The van der Waals surface area contributed by atoms with Gasteiger partial charge in [-0.2, -0.15) is 0 Å². The van der Waals surface area contributed by atoms with E-state index in [-0.39, 0.29) is 0 Å². The Bertz CT molecular complexity index is 328. The molecule has 1 rings (SSSR count). The molecule has 0 aromatic carbocycles. The Morgan fingerprint density at radius 3 is 2.71 bits per heavy atom. The zero-order chi connectivity index (χ0) is 12.7. The standard InChI is InChI=1S/C13H23N3O/c1-5-6-14-12(10(2)3)7-11-8-13(17-4)16-9-15-11/h8-10,12,14H,5-7H2,1-4H3. The summed E-state index contributed by atoms with van der Waals surface area (Å²) in [6.07, 6.45) is 3.62. The number of aromatic nitrogens is 2. The number of hydrogen-bond acceptors (Lipinski definition) is 4. The van der Waals surface area contributed by atoms with Gasteiger partial charge in [0.25, 0.3) is 0 Å². The molecule has 0 aliphatic carbocycles. The second-order valence-electron chi connectivity index (χ2n) is 4.56. The van der Waals surface area contributed by atoms with Crippen LogP contribution in [-0.2, 0) is 6.42 Å². The van der Waals surface area contributed by atoms with Gasteiger partial charge in [-0.05, 0) is 18.9 Å². The fraction of sp³-hybridized carbons (Fsp3) is 0.692. The summed E-state index contributed by atoms with van der Waals surface area (Å²) in [4.78, 5) is 8.30. The van der Waals surface area contributed by atoms with Crippen LogP contribution in [0, 0.1) is 5.92 Å². The molecule has 4 nitrogen and oxygen atoms in total. The summed E-state index contributed by atoms with van der Waals surface area (Å²) in [6, 6.07) is 2.36. The van der Waals surface area contributed by atoms with Crippen molar-refractivity contribution in [3.05, 3.63) is 18.1 Å². The summed E-state index contributed by atoms with van der Waals surface area (Å²) in [5.74, 6) is 1.22. The Morgan fingerprint density at radius 1 is 1.35 bits per heavy atom. The summed E-state index contributed by atoms with van der Waals surface area (Å²) < 4.78 is 5.11. The zero-order valence-electron chi connectivity index (χ0n) is 11.2. The van der Waals surface area contributed by atoms with Crippen LogP contribution >= 0.6 is 0 Å². The summed E-state index contributed by atoms with van der Waals surface area (Å²) >= 11 is 0. The van der Waals surface area contributed by atoms with Crippen molar-refractivity contribution >= 4 is 0 Å². The lowest BCUT2D eigenvalue weighted by Crippen LogP contribution is -2.36. The van der Waals surface area contributed by atoms with Gasteiger partial charge in [-0.25, -0.2) is 9.97 Å². The Morgan fingerprint density at radius 2 is 2.12 bits per heavy atom. The molecular formula is C13H23N3O. The van der Waals surface area contributed by atoms with E-state index in [0.717, 1.165) is 25.1 Å². The first-order chi connectivity index (χ1) is 8.17. The van der Waals surface area contributed by atoms with Crippen LogP contribution in [0.4, 0.5) is 0 Å². The first-order valence-corrected chi connectivity index (χ1v) is 6.25. The molecular weight excluding hydrogens is 214 g/mol. The van der Waals surface area contributed by atoms with E-state index in [4.69, 9.17) is 4.74 Å². The van der Waals surface area contributed by atoms with Crippen LogP contribution in [0.5, 0.6) is 5.88 Å². The fourth-order valence-corrected chi connectivity index (χ4v) is 1.70. The van der Waals surface area contributed by atoms with E-state index in [2.05, 4.69) is 36.1 Å². The van der Waals surface area contributed by atoms with E-state index in [1.165, 1.54) is 0 Å². The quantitative estimate of drug-likeness (QED) is 0.788. The summed E-state index contributed by atoms with van der Waals surface area (Å²) in [5.41, 5.74) is 1.03. The van der Waals surface area contributed by atoms with E-state index in [9.17, 15) is 0 Å². The second kappa shape index (κ2) is 7.22. The number of nitrogens with one attached hydrogen (secondary N) is 1. The molecule has 4 heteroatoms. The molecule has 1 heterocycles. The van der Waals surface area contributed by atoms with Gasteiger partial charge in [0, 0.05) is 24.2 Å². The summed E-state index contributed by atoms with van der Waals surface area (Å²) in [6.45, 7) is 7.68. The largest absolute Gasteiger partial charge is 0.481 e. The SMILES string of the molecule is CCCNC(Cc1cc(OC)ncn1)C(C)C. The van der Waals surface area contributed by atoms with E-state index < -0.39 is 0 Å². The molecule has 0 fully saturated rings. The monoisotopic (exact) mass is 237 g/mol. The van der Waals surface area contributed by atoms with E-state index in [0.29, 0.717) is 17.8 Å². The molecule has 1 atom stereocenters. The first-order valence-electron chi connectivity index (χ1n) is 6.25. The molecule has 17 heavy (non-hydrogen) atoms. The van der Waals surface area contributed by atoms with Crippen LogP contribution in [0.2, 0.25) is 0 Å². The maximum absolute atomic E-state index is 5.11. The number of methoxy groups -OCH3 is 1. The third-order valence-electron chi connectivity index (χ3n) is 2.80. The summed E-state index contributed by atoms with van der Waals surface area (Å²) in [5, 5.41) is 3.55. The molecule has 1 N–H and O–H groups in total. The minimum atomic E-state index is 0.453. The van der Waals surface area contributed by atoms with Crippen molar-refractivity contribution in [3.63, 3.8) is 0 Å². The Hall–Kier alpha value is -1.16. The maximum atomic E-state index is 5.11. The van der Waals surface area contributed by atoms with Gasteiger partial charge in [0.15, 0.2) is 0 Å². The molecule has 0 saturated heterocycles. The van der Waals surface area contributed by atoms with Gasteiger partial charge < -0.3 is 10.1 Å². The van der Waals surface area contributed by atoms with E-state index >= 15 is 0 Å². The van der Waals surface area contributed by atoms with Crippen LogP contribution < -0.4 is 10.1 Å². The molecule has 0 aliphatic rings. The number of hydrogen-bond donors (Lipinski definition) is 1. The Labute approximate surface area is 104 Å². The highest BCUT2D eigenvalue weighted by Gasteiger charge is 2.14. The Balaban J connectivity index is 2.64. The molecule has 0 saturated carbocycles. The topological polar surface area (TPSA) is 47.0 Å². The van der Waals surface area contributed by atoms with Crippen LogP contribution in [0.15, 0.2) is 12.4 Å². The number of ether oxygens (including phenoxy) is 1. The van der Waals surface area contributed by atoms with Gasteiger partial charge in [-0.3, -0.25) is 0 Å². The van der Waals surface area contributed by atoms with Gasteiger partial charge in [0.2, 0.25) is 5.88 Å². The smallest absolute Gasteiger partial charge is 0.216 e. The van der Waals surface area contributed by atoms with Crippen molar-refractivity contribution in [1.29, 1.82) is 0 Å². The predicted molar refractivity (Wildman–Crippen MR) is 69.2 cm³/mol. The zero-order valence-corrected chi connectivity index (χ0v) is 11.2. The average molecular weight is 237 g/mol. The van der Waals surface area contributed by atoms with Crippen molar-refractivity contribution in [2.45, 2.75) is 39.7 Å². The van der Waals surface area contributed by atoms with Gasteiger partial charge in [-0.15, -0.1) is 0 Å². The maximum Gasteiger partial charge on any atom is 0.216 e. The molecule has 1 aromatic rings.